The van der Waals surface area contributed by atoms with Crippen molar-refractivity contribution in [2.45, 2.75) is 37.8 Å². The van der Waals surface area contributed by atoms with Crippen LogP contribution in [0.1, 0.15) is 37.3 Å². The average Bonchev–Trinajstić information content (AvgIpc) is 2.89. The predicted octanol–water partition coefficient (Wildman–Crippen LogP) is 3.62. The monoisotopic (exact) mass is 421 g/mol. The summed E-state index contributed by atoms with van der Waals surface area (Å²) in [5, 5.41) is 3.21. The van der Waals surface area contributed by atoms with Crippen LogP contribution < -0.4 is 11.1 Å². The minimum absolute atomic E-state index is 0. The molecule has 0 heterocycles. The van der Waals surface area contributed by atoms with Crippen LogP contribution in [0.2, 0.25) is 5.02 Å². The summed E-state index contributed by atoms with van der Waals surface area (Å²) in [6.45, 7) is 0. The molecule has 1 aromatic rings. The maximum absolute atomic E-state index is 13.8. The molecule has 1 aliphatic carbocycles. The number of hydrogen-bond donors (Lipinski definition) is 2. The van der Waals surface area contributed by atoms with E-state index in [0.29, 0.717) is 10.6 Å². The molecule has 0 amide bonds. The largest absolute Gasteiger partial charge is 0.370 e. The van der Waals surface area contributed by atoms with Crippen LogP contribution >= 0.6 is 35.6 Å². The van der Waals surface area contributed by atoms with Crippen LogP contribution in [0.4, 0.5) is 4.39 Å². The topological polar surface area (TPSA) is 50.4 Å². The summed E-state index contributed by atoms with van der Waals surface area (Å²) >= 11 is 5.72. The molecule has 1 fully saturated rings. The summed E-state index contributed by atoms with van der Waals surface area (Å²) in [6, 6.07) is 3.97. The fraction of sp³-hybridized carbons (Fsp3) is 0.400. The number of nitrogens with one attached hydrogen (secondary N) is 1. The van der Waals surface area contributed by atoms with E-state index in [1.165, 1.54) is 18.9 Å². The molecule has 0 aliphatic heterocycles. The molecule has 6 heteroatoms. The van der Waals surface area contributed by atoms with Gasteiger partial charge in [-0.1, -0.05) is 36.4 Å². The van der Waals surface area contributed by atoms with Crippen molar-refractivity contribution in [1.29, 1.82) is 0 Å². The van der Waals surface area contributed by atoms with Gasteiger partial charge >= 0.3 is 0 Å². The zero-order chi connectivity index (χ0) is 14.5. The summed E-state index contributed by atoms with van der Waals surface area (Å²) < 4.78 is 13.8. The van der Waals surface area contributed by atoms with Crippen molar-refractivity contribution < 1.29 is 4.39 Å². The van der Waals surface area contributed by atoms with E-state index in [9.17, 15) is 4.39 Å². The lowest BCUT2D eigenvalue weighted by Gasteiger charge is -2.16. The van der Waals surface area contributed by atoms with Gasteiger partial charge in [0.25, 0.3) is 0 Å². The highest BCUT2D eigenvalue weighted by molar-refractivity contribution is 14.0. The molecule has 3 nitrogen and oxygen atoms in total. The van der Waals surface area contributed by atoms with Gasteiger partial charge < -0.3 is 11.1 Å². The highest BCUT2D eigenvalue weighted by Crippen LogP contribution is 2.22. The smallest absolute Gasteiger partial charge is 0.190 e. The fourth-order valence-corrected chi connectivity index (χ4v) is 2.52. The van der Waals surface area contributed by atoms with Gasteiger partial charge in [0, 0.05) is 10.6 Å². The van der Waals surface area contributed by atoms with Gasteiger partial charge in [-0.05, 0) is 25.0 Å². The minimum Gasteiger partial charge on any atom is -0.370 e. The number of guanidine groups is 1. The Bertz CT molecular complexity index is 550. The van der Waals surface area contributed by atoms with Crippen molar-refractivity contribution in [1.82, 2.24) is 5.32 Å². The molecule has 2 rings (SSSR count). The normalized spacial score (nSPS) is 16.9. The first-order chi connectivity index (χ1) is 9.60. The SMILES string of the molecule is C#CC(NC(N)=NC1CCCC1)c1ccc(Cl)cc1F.I. The maximum atomic E-state index is 13.8. The molecular weight excluding hydrogens is 404 g/mol. The van der Waals surface area contributed by atoms with E-state index in [-0.39, 0.29) is 36.0 Å². The third kappa shape index (κ3) is 5.04. The standard InChI is InChI=1S/C15H17ClFN3.HI/c1-2-14(12-8-7-10(16)9-13(12)17)20-15(18)19-11-5-3-4-6-11;/h1,7-9,11,14H,3-6H2,(H3,18,19,20);1H. The Labute approximate surface area is 146 Å². The van der Waals surface area contributed by atoms with Gasteiger partial charge in [0.05, 0.1) is 6.04 Å². The summed E-state index contributed by atoms with van der Waals surface area (Å²) in [7, 11) is 0. The second-order valence-electron chi connectivity index (χ2n) is 4.86. The molecule has 1 aromatic carbocycles. The van der Waals surface area contributed by atoms with Crippen molar-refractivity contribution in [3.05, 3.63) is 34.6 Å². The van der Waals surface area contributed by atoms with Crippen molar-refractivity contribution in [3.8, 4) is 12.3 Å². The van der Waals surface area contributed by atoms with Gasteiger partial charge in [-0.15, -0.1) is 30.4 Å². The van der Waals surface area contributed by atoms with Gasteiger partial charge in [-0.3, -0.25) is 4.99 Å². The van der Waals surface area contributed by atoms with Crippen molar-refractivity contribution in [2.75, 3.05) is 0 Å². The minimum atomic E-state index is -0.655. The lowest BCUT2D eigenvalue weighted by Crippen LogP contribution is -2.35. The van der Waals surface area contributed by atoms with Crippen molar-refractivity contribution >= 4 is 41.5 Å². The number of hydrogen-bond acceptors (Lipinski definition) is 1. The highest BCUT2D eigenvalue weighted by atomic mass is 127. The molecule has 0 aromatic heterocycles. The van der Waals surface area contributed by atoms with Gasteiger partial charge in [0.15, 0.2) is 5.96 Å². The Morgan fingerprint density at radius 1 is 1.48 bits per heavy atom. The first-order valence-electron chi connectivity index (χ1n) is 6.61. The average molecular weight is 422 g/mol. The second kappa shape index (κ2) is 8.44. The zero-order valence-corrected chi connectivity index (χ0v) is 14.6. The van der Waals surface area contributed by atoms with Crippen LogP contribution in [-0.2, 0) is 0 Å². The molecule has 3 N–H and O–H groups in total. The molecule has 114 valence electrons. The first kappa shape index (κ1) is 18.1. The van der Waals surface area contributed by atoms with Crippen molar-refractivity contribution in [3.63, 3.8) is 0 Å². The summed E-state index contributed by atoms with van der Waals surface area (Å²) in [6.07, 6.45) is 9.87. The number of aliphatic imine (C=N–C) groups is 1. The van der Waals surface area contributed by atoms with Crippen LogP contribution in [0.3, 0.4) is 0 Å². The first-order valence-corrected chi connectivity index (χ1v) is 6.99. The van der Waals surface area contributed by atoms with Gasteiger partial charge in [-0.25, -0.2) is 4.39 Å². The molecule has 0 saturated heterocycles. The molecule has 21 heavy (non-hydrogen) atoms. The molecule has 1 unspecified atom stereocenters. The number of benzene rings is 1. The van der Waals surface area contributed by atoms with E-state index in [0.717, 1.165) is 12.8 Å². The lowest BCUT2D eigenvalue weighted by atomic mass is 10.1. The van der Waals surface area contributed by atoms with E-state index in [2.05, 4.69) is 16.2 Å². The molecule has 1 aliphatic rings. The van der Waals surface area contributed by atoms with Crippen LogP contribution in [0.25, 0.3) is 0 Å². The number of nitrogens with two attached hydrogens (primary N) is 1. The summed E-state index contributed by atoms with van der Waals surface area (Å²) in [5.74, 6) is 2.28. The quantitative estimate of drug-likeness (QED) is 0.339. The van der Waals surface area contributed by atoms with Crippen LogP contribution in [0, 0.1) is 18.2 Å². The number of halogens is 3. The molecular formula is C15H18ClFIN3. The maximum Gasteiger partial charge on any atom is 0.190 e. The third-order valence-corrected chi connectivity index (χ3v) is 3.61. The molecule has 1 saturated carbocycles. The van der Waals surface area contributed by atoms with Crippen LogP contribution in [-0.4, -0.2) is 12.0 Å². The third-order valence-electron chi connectivity index (χ3n) is 3.38. The van der Waals surface area contributed by atoms with E-state index in [1.54, 1.807) is 12.1 Å². The Kier molecular flexibility index (Phi) is 7.26. The van der Waals surface area contributed by atoms with Gasteiger partial charge in [-0.2, -0.15) is 0 Å². The van der Waals surface area contributed by atoms with E-state index < -0.39 is 11.9 Å². The summed E-state index contributed by atoms with van der Waals surface area (Å²) in [4.78, 5) is 4.38. The van der Waals surface area contributed by atoms with E-state index >= 15 is 0 Å². The molecule has 1 atom stereocenters. The number of nitrogens with zero attached hydrogens (tertiary/aromatic N) is 1. The predicted molar refractivity (Wildman–Crippen MR) is 95.4 cm³/mol. The highest BCUT2D eigenvalue weighted by Gasteiger charge is 2.17. The zero-order valence-electron chi connectivity index (χ0n) is 11.5. The Morgan fingerprint density at radius 2 is 2.14 bits per heavy atom. The Morgan fingerprint density at radius 3 is 2.71 bits per heavy atom. The van der Waals surface area contributed by atoms with E-state index in [1.807, 2.05) is 0 Å². The fourth-order valence-electron chi connectivity index (χ4n) is 2.36. The van der Waals surface area contributed by atoms with Crippen molar-refractivity contribution in [2.24, 2.45) is 10.7 Å². The Balaban J connectivity index is 0.00000220. The Hall–Kier alpha value is -1.000. The molecule has 0 bridgehead atoms. The second-order valence-corrected chi connectivity index (χ2v) is 5.30. The van der Waals surface area contributed by atoms with E-state index in [4.69, 9.17) is 23.8 Å². The van der Waals surface area contributed by atoms with Gasteiger partial charge in [0.2, 0.25) is 0 Å². The molecule has 0 spiro atoms. The number of terminal acetylenes is 1. The number of rotatable bonds is 3. The molecule has 0 radical (unpaired) electrons. The summed E-state index contributed by atoms with van der Waals surface area (Å²) in [5.41, 5.74) is 6.18. The van der Waals surface area contributed by atoms with Crippen LogP contribution in [0.5, 0.6) is 0 Å². The van der Waals surface area contributed by atoms with Crippen LogP contribution in [0.15, 0.2) is 23.2 Å². The van der Waals surface area contributed by atoms with Gasteiger partial charge in [0.1, 0.15) is 11.9 Å². The lowest BCUT2D eigenvalue weighted by molar-refractivity contribution is 0.595.